The Labute approximate surface area is 265 Å². The summed E-state index contributed by atoms with van der Waals surface area (Å²) in [4.78, 5) is 12.3. The maximum atomic E-state index is 6.33. The Morgan fingerprint density at radius 1 is 0.886 bits per heavy atom. The molecule has 0 spiro atoms. The van der Waals surface area contributed by atoms with Crippen molar-refractivity contribution in [2.45, 2.75) is 83.0 Å². The Bertz CT molecular complexity index is 1500. The van der Waals surface area contributed by atoms with Crippen LogP contribution in [0.4, 0.5) is 5.82 Å². The highest BCUT2D eigenvalue weighted by Crippen LogP contribution is 2.37. The zero-order valence-corrected chi connectivity index (χ0v) is 29.7. The van der Waals surface area contributed by atoms with Crippen LogP contribution in [0.5, 0.6) is 0 Å². The number of hydrogen-bond donors (Lipinski definition) is 1. The molecule has 2 N–H and O–H groups in total. The molecule has 1 aliphatic carbocycles. The molecule has 0 unspecified atom stereocenters. The summed E-state index contributed by atoms with van der Waals surface area (Å²) in [7, 11) is -2.42. The second kappa shape index (κ2) is 14.2. The van der Waals surface area contributed by atoms with Gasteiger partial charge in [0, 0.05) is 69.7 Å². The van der Waals surface area contributed by atoms with E-state index in [1.54, 1.807) is 0 Å². The average molecular weight is 633 g/mol. The quantitative estimate of drug-likeness (QED) is 0.0869. The number of anilines is 1. The summed E-state index contributed by atoms with van der Waals surface area (Å²) >= 11 is 0. The van der Waals surface area contributed by atoms with Crippen molar-refractivity contribution in [2.75, 3.05) is 38.1 Å². The van der Waals surface area contributed by atoms with E-state index in [4.69, 9.17) is 30.3 Å². The monoisotopic (exact) mass is 632 g/mol. The van der Waals surface area contributed by atoms with Crippen LogP contribution in [-0.4, -0.2) is 68.9 Å². The Balaban J connectivity index is 1.53. The maximum Gasteiger partial charge on any atom is 0.165 e. The molecule has 5 rings (SSSR count). The van der Waals surface area contributed by atoms with Crippen molar-refractivity contribution in [2.24, 2.45) is 11.7 Å². The maximum absolute atomic E-state index is 6.33. The molecular weight excluding hydrogens is 581 g/mol. The zero-order valence-electron chi connectivity index (χ0n) is 27.7. The van der Waals surface area contributed by atoms with E-state index in [9.17, 15) is 0 Å². The second-order valence-electron chi connectivity index (χ2n) is 14.9. The zero-order chi connectivity index (χ0) is 31.3. The van der Waals surface area contributed by atoms with Gasteiger partial charge in [0.2, 0.25) is 0 Å². The fourth-order valence-corrected chi connectivity index (χ4v) is 7.30. The molecule has 3 aromatic heterocycles. The van der Waals surface area contributed by atoms with Crippen LogP contribution in [0.3, 0.4) is 0 Å². The Morgan fingerprint density at radius 3 is 2.18 bits per heavy atom. The predicted molar refractivity (Wildman–Crippen MR) is 188 cm³/mol. The van der Waals surface area contributed by atoms with E-state index in [0.29, 0.717) is 25.3 Å². The molecule has 1 aliphatic rings. The van der Waals surface area contributed by atoms with Crippen molar-refractivity contribution < 1.29 is 9.47 Å². The summed E-state index contributed by atoms with van der Waals surface area (Å²) in [6.07, 6.45) is 8.37. The number of pyridine rings is 1. The van der Waals surface area contributed by atoms with Gasteiger partial charge in [-0.05, 0) is 62.4 Å². The normalized spacial score (nSPS) is 17.9. The van der Waals surface area contributed by atoms with E-state index < -0.39 is 16.1 Å². The highest BCUT2D eigenvalue weighted by molar-refractivity contribution is 6.76. The van der Waals surface area contributed by atoms with Crippen LogP contribution in [0.2, 0.25) is 51.4 Å². The van der Waals surface area contributed by atoms with E-state index in [-0.39, 0.29) is 0 Å². The Hall–Kier alpha value is -2.64. The molecule has 0 saturated heterocycles. The summed E-state index contributed by atoms with van der Waals surface area (Å²) < 4.78 is 14.6. The van der Waals surface area contributed by atoms with Crippen molar-refractivity contribution in [1.82, 2.24) is 19.6 Å². The van der Waals surface area contributed by atoms with Crippen LogP contribution in [0, 0.1) is 5.92 Å². The van der Waals surface area contributed by atoms with Crippen molar-refractivity contribution in [1.29, 1.82) is 0 Å². The Kier molecular flexibility index (Phi) is 10.6. The van der Waals surface area contributed by atoms with Crippen molar-refractivity contribution in [3.8, 4) is 11.1 Å². The molecule has 1 saturated carbocycles. The summed E-state index contributed by atoms with van der Waals surface area (Å²) in [5, 5.41) is 6.02. The smallest absolute Gasteiger partial charge is 0.165 e. The lowest BCUT2D eigenvalue weighted by Gasteiger charge is -2.30. The number of benzene rings is 1. The molecule has 1 aromatic carbocycles. The minimum absolute atomic E-state index is 0.390. The van der Waals surface area contributed by atoms with Gasteiger partial charge in [0.15, 0.2) is 5.65 Å². The number of nitrogens with zero attached hydrogens (tertiary/aromatic N) is 5. The van der Waals surface area contributed by atoms with Gasteiger partial charge in [-0.25, -0.2) is 4.98 Å². The molecule has 44 heavy (non-hydrogen) atoms. The van der Waals surface area contributed by atoms with Gasteiger partial charge in [-0.15, -0.1) is 0 Å². The number of rotatable bonds is 14. The molecule has 8 nitrogen and oxygen atoms in total. The third-order valence-corrected chi connectivity index (χ3v) is 12.2. The topological polar surface area (TPSA) is 90.8 Å². The van der Waals surface area contributed by atoms with E-state index in [1.165, 1.54) is 0 Å². The van der Waals surface area contributed by atoms with Crippen molar-refractivity contribution >= 4 is 38.5 Å². The summed E-state index contributed by atoms with van der Waals surface area (Å²) in [6, 6.07) is 14.9. The molecule has 0 radical (unpaired) electrons. The summed E-state index contributed by atoms with van der Waals surface area (Å²) in [5.74, 6) is 1.97. The van der Waals surface area contributed by atoms with Crippen LogP contribution in [0.15, 0.2) is 48.8 Å². The number of aromatic nitrogens is 4. The van der Waals surface area contributed by atoms with E-state index in [0.717, 1.165) is 96.7 Å². The molecule has 0 amide bonds. The lowest BCUT2D eigenvalue weighted by Crippen LogP contribution is -2.33. The first-order valence-electron chi connectivity index (χ1n) is 16.3. The van der Waals surface area contributed by atoms with Crippen LogP contribution < -0.4 is 10.6 Å². The molecule has 238 valence electrons. The fourth-order valence-electron chi connectivity index (χ4n) is 5.79. The van der Waals surface area contributed by atoms with E-state index >= 15 is 0 Å². The first-order chi connectivity index (χ1) is 21.0. The van der Waals surface area contributed by atoms with Gasteiger partial charge in [-0.2, -0.15) is 9.61 Å². The van der Waals surface area contributed by atoms with Gasteiger partial charge in [-0.3, -0.25) is 4.98 Å². The van der Waals surface area contributed by atoms with E-state index in [1.807, 2.05) is 29.0 Å². The first-order valence-corrected chi connectivity index (χ1v) is 23.8. The standard InChI is InChI=1S/C34H52N6O2Si2/c1-43(2,3)17-15-41-24-39(25-42-16-18-44(4,5)6)33-20-32(27-13-11-26(21-35)12-14-27)38-34-30(23-37-40(33)34)29-19-28-9-7-8-10-31(28)36-22-29/h7-10,19-20,22-23,26-27H,11-18,21,24-25,35H2,1-6H3. The average Bonchev–Trinajstić information content (AvgIpc) is 3.43. The van der Waals surface area contributed by atoms with Gasteiger partial charge in [0.05, 0.1) is 11.7 Å². The van der Waals surface area contributed by atoms with Crippen LogP contribution in [0.1, 0.15) is 37.3 Å². The number of ether oxygens (including phenoxy) is 2. The second-order valence-corrected chi connectivity index (χ2v) is 26.2. The van der Waals surface area contributed by atoms with E-state index in [2.05, 4.69) is 68.4 Å². The molecule has 0 bridgehead atoms. The molecule has 10 heteroatoms. The van der Waals surface area contributed by atoms with Gasteiger partial charge < -0.3 is 20.1 Å². The van der Waals surface area contributed by atoms with Crippen LogP contribution >= 0.6 is 0 Å². The molecule has 3 heterocycles. The lowest BCUT2D eigenvalue weighted by molar-refractivity contribution is 0.0942. The lowest BCUT2D eigenvalue weighted by atomic mass is 9.80. The Morgan fingerprint density at radius 2 is 1.55 bits per heavy atom. The minimum Gasteiger partial charge on any atom is -0.361 e. The van der Waals surface area contributed by atoms with Gasteiger partial charge in [0.1, 0.15) is 19.3 Å². The molecule has 1 fully saturated rings. The summed E-state index contributed by atoms with van der Waals surface area (Å²) in [5.41, 5.74) is 11.0. The fraction of sp³-hybridized carbons (Fsp3) is 0.559. The van der Waals surface area contributed by atoms with Gasteiger partial charge >= 0.3 is 0 Å². The number of para-hydroxylation sites is 1. The van der Waals surface area contributed by atoms with Gasteiger partial charge in [0.25, 0.3) is 0 Å². The molecular formula is C34H52N6O2Si2. The summed E-state index contributed by atoms with van der Waals surface area (Å²) in [6.45, 7) is 17.5. The largest absolute Gasteiger partial charge is 0.361 e. The van der Waals surface area contributed by atoms with Crippen LogP contribution in [0.25, 0.3) is 27.7 Å². The molecule has 0 atom stereocenters. The predicted octanol–water partition coefficient (Wildman–Crippen LogP) is 7.61. The SMILES string of the molecule is C[Si](C)(C)CCOCN(COCC[Si](C)(C)C)c1cc(C2CCC(CN)CC2)nc2c(-c3cnc4ccccc4c3)cnn12. The number of hydrogen-bond acceptors (Lipinski definition) is 7. The highest BCUT2D eigenvalue weighted by Gasteiger charge is 2.26. The third-order valence-electron chi connectivity index (χ3n) is 8.78. The van der Waals surface area contributed by atoms with Crippen molar-refractivity contribution in [3.63, 3.8) is 0 Å². The number of fused-ring (bicyclic) bond motifs is 2. The van der Waals surface area contributed by atoms with Crippen molar-refractivity contribution in [3.05, 3.63) is 54.5 Å². The number of nitrogens with two attached hydrogens (primary N) is 1. The first kappa shape index (κ1) is 32.7. The minimum atomic E-state index is -1.21. The van der Waals surface area contributed by atoms with Gasteiger partial charge in [-0.1, -0.05) is 57.5 Å². The highest BCUT2D eigenvalue weighted by atomic mass is 28.3. The third kappa shape index (κ3) is 8.54. The van der Waals surface area contributed by atoms with Crippen LogP contribution in [-0.2, 0) is 9.47 Å². The molecule has 4 aromatic rings. The molecule has 0 aliphatic heterocycles.